The van der Waals surface area contributed by atoms with Gasteiger partial charge in [-0.2, -0.15) is 0 Å². The number of sulfonamides is 1. The van der Waals surface area contributed by atoms with Crippen molar-refractivity contribution in [2.45, 2.75) is 11.5 Å². The number of aliphatic hydroxyl groups is 1. The van der Waals surface area contributed by atoms with E-state index < -0.39 is 10.0 Å². The minimum atomic E-state index is -3.72. The number of nitrogens with one attached hydrogen (secondary N) is 1. The lowest BCUT2D eigenvalue weighted by Crippen LogP contribution is -2.13. The number of anilines is 1. The minimum Gasteiger partial charge on any atom is -0.496 e. The largest absolute Gasteiger partial charge is 0.496 e. The van der Waals surface area contributed by atoms with Crippen LogP contribution >= 0.6 is 15.9 Å². The molecule has 2 N–H and O–H groups in total. The molecule has 0 spiro atoms. The van der Waals surface area contributed by atoms with E-state index in [-0.39, 0.29) is 11.5 Å². The van der Waals surface area contributed by atoms with Gasteiger partial charge in [0.15, 0.2) is 0 Å². The zero-order valence-electron chi connectivity index (χ0n) is 11.2. The highest BCUT2D eigenvalue weighted by Gasteiger charge is 2.16. The molecule has 0 fully saturated rings. The van der Waals surface area contributed by atoms with Crippen LogP contribution in [0.1, 0.15) is 5.56 Å². The van der Waals surface area contributed by atoms with Crippen molar-refractivity contribution >= 4 is 31.6 Å². The number of hydrogen-bond donors (Lipinski definition) is 2. The molecule has 2 aromatic carbocycles. The second-order valence-corrected chi connectivity index (χ2v) is 6.84. The van der Waals surface area contributed by atoms with Gasteiger partial charge in [-0.15, -0.1) is 0 Å². The van der Waals surface area contributed by atoms with E-state index in [1.807, 2.05) is 0 Å². The molecule has 0 heterocycles. The molecule has 112 valence electrons. The fourth-order valence-electron chi connectivity index (χ4n) is 1.78. The molecule has 0 aliphatic rings. The molecule has 0 aromatic heterocycles. The number of benzene rings is 2. The summed E-state index contributed by atoms with van der Waals surface area (Å²) in [6.07, 6.45) is 0. The van der Waals surface area contributed by atoms with Crippen molar-refractivity contribution in [3.8, 4) is 5.75 Å². The fourth-order valence-corrected chi connectivity index (χ4v) is 3.15. The lowest BCUT2D eigenvalue weighted by molar-refractivity contribution is 0.273. The van der Waals surface area contributed by atoms with Crippen molar-refractivity contribution in [2.75, 3.05) is 11.8 Å². The molecule has 5 nitrogen and oxygen atoms in total. The Morgan fingerprint density at radius 3 is 2.43 bits per heavy atom. The Morgan fingerprint density at radius 2 is 1.86 bits per heavy atom. The third kappa shape index (κ3) is 3.75. The van der Waals surface area contributed by atoms with E-state index in [1.165, 1.54) is 25.3 Å². The van der Waals surface area contributed by atoms with E-state index in [0.717, 1.165) is 4.47 Å². The Labute approximate surface area is 131 Å². The average Bonchev–Trinajstić information content (AvgIpc) is 2.48. The maximum atomic E-state index is 12.3. The maximum absolute atomic E-state index is 12.3. The number of methoxy groups -OCH3 is 1. The molecule has 0 aliphatic carbocycles. The van der Waals surface area contributed by atoms with Crippen LogP contribution in [0.25, 0.3) is 0 Å². The first-order valence-corrected chi connectivity index (χ1v) is 8.30. The van der Waals surface area contributed by atoms with Crippen LogP contribution in [0.4, 0.5) is 5.69 Å². The van der Waals surface area contributed by atoms with Gasteiger partial charge >= 0.3 is 0 Å². The van der Waals surface area contributed by atoms with Gasteiger partial charge in [-0.1, -0.05) is 15.9 Å². The van der Waals surface area contributed by atoms with Crippen molar-refractivity contribution < 1.29 is 18.3 Å². The third-order valence-electron chi connectivity index (χ3n) is 2.83. The minimum absolute atomic E-state index is 0.0651. The molecule has 0 saturated carbocycles. The smallest absolute Gasteiger partial charge is 0.261 e. The van der Waals surface area contributed by atoms with Crippen molar-refractivity contribution in [1.29, 1.82) is 0 Å². The van der Waals surface area contributed by atoms with Gasteiger partial charge in [0.05, 0.1) is 18.6 Å². The van der Waals surface area contributed by atoms with Crippen LogP contribution in [0.2, 0.25) is 0 Å². The second kappa shape index (κ2) is 6.46. The van der Waals surface area contributed by atoms with E-state index >= 15 is 0 Å². The summed E-state index contributed by atoms with van der Waals surface area (Å²) in [7, 11) is -2.25. The first-order valence-electron chi connectivity index (χ1n) is 6.02. The van der Waals surface area contributed by atoms with Gasteiger partial charge in [-0.05, 0) is 42.5 Å². The van der Waals surface area contributed by atoms with Crippen LogP contribution in [0.15, 0.2) is 51.8 Å². The van der Waals surface area contributed by atoms with Crippen LogP contribution < -0.4 is 9.46 Å². The Morgan fingerprint density at radius 1 is 1.19 bits per heavy atom. The fraction of sp³-hybridized carbons (Fsp3) is 0.143. The molecule has 21 heavy (non-hydrogen) atoms. The second-order valence-electron chi connectivity index (χ2n) is 4.24. The number of ether oxygens (including phenoxy) is 1. The van der Waals surface area contributed by atoms with E-state index in [4.69, 9.17) is 4.74 Å². The predicted octanol–water partition coefficient (Wildman–Crippen LogP) is 2.75. The topological polar surface area (TPSA) is 75.6 Å². The van der Waals surface area contributed by atoms with Gasteiger partial charge in [0.2, 0.25) is 0 Å². The zero-order valence-corrected chi connectivity index (χ0v) is 13.6. The summed E-state index contributed by atoms with van der Waals surface area (Å²) >= 11 is 3.29. The maximum Gasteiger partial charge on any atom is 0.261 e. The molecule has 0 amide bonds. The van der Waals surface area contributed by atoms with Crippen molar-refractivity contribution in [3.05, 3.63) is 52.5 Å². The summed E-state index contributed by atoms with van der Waals surface area (Å²) in [5, 5.41) is 9.26. The Hall–Kier alpha value is -1.57. The SMILES string of the molecule is COc1ccc(S(=O)(=O)Nc2ccc(Br)cc2)cc1CO. The summed E-state index contributed by atoms with van der Waals surface area (Å²) in [4.78, 5) is 0.0651. The van der Waals surface area contributed by atoms with Crippen LogP contribution in [-0.4, -0.2) is 20.6 Å². The molecular weight excluding hydrogens is 358 g/mol. The molecule has 0 bridgehead atoms. The summed E-state index contributed by atoms with van der Waals surface area (Å²) in [5.41, 5.74) is 0.871. The van der Waals surface area contributed by atoms with Crippen molar-refractivity contribution in [1.82, 2.24) is 0 Å². The molecule has 7 heteroatoms. The van der Waals surface area contributed by atoms with Gasteiger partial charge in [0.25, 0.3) is 10.0 Å². The summed E-state index contributed by atoms with van der Waals surface area (Å²) in [5.74, 6) is 0.445. The number of hydrogen-bond acceptors (Lipinski definition) is 4. The van der Waals surface area contributed by atoms with Gasteiger partial charge in [0, 0.05) is 15.7 Å². The van der Waals surface area contributed by atoms with Gasteiger partial charge in [0.1, 0.15) is 5.75 Å². The van der Waals surface area contributed by atoms with Crippen LogP contribution in [0.5, 0.6) is 5.75 Å². The highest BCUT2D eigenvalue weighted by molar-refractivity contribution is 9.10. The molecule has 0 atom stereocenters. The van der Waals surface area contributed by atoms with Crippen LogP contribution in [-0.2, 0) is 16.6 Å². The molecule has 2 aromatic rings. The quantitative estimate of drug-likeness (QED) is 0.846. The van der Waals surface area contributed by atoms with E-state index in [0.29, 0.717) is 17.0 Å². The molecule has 0 aliphatic heterocycles. The highest BCUT2D eigenvalue weighted by Crippen LogP contribution is 2.24. The summed E-state index contributed by atoms with van der Waals surface area (Å²) in [6.45, 7) is -0.301. The normalized spacial score (nSPS) is 11.2. The first kappa shape index (κ1) is 15.8. The zero-order chi connectivity index (χ0) is 15.5. The summed E-state index contributed by atoms with van der Waals surface area (Å²) in [6, 6.07) is 11.1. The standard InChI is InChI=1S/C14H14BrNO4S/c1-20-14-7-6-13(8-10(14)9-17)21(18,19)16-12-4-2-11(15)3-5-12/h2-8,16-17H,9H2,1H3. The molecular formula is C14H14BrNO4S. The number of rotatable bonds is 5. The molecule has 0 unspecified atom stereocenters. The number of halogens is 1. The first-order chi connectivity index (χ1) is 9.96. The van der Waals surface area contributed by atoms with E-state index in [2.05, 4.69) is 20.7 Å². The highest BCUT2D eigenvalue weighted by atomic mass is 79.9. The van der Waals surface area contributed by atoms with E-state index in [9.17, 15) is 13.5 Å². The Balaban J connectivity index is 2.33. The average molecular weight is 372 g/mol. The predicted molar refractivity (Wildman–Crippen MR) is 83.9 cm³/mol. The van der Waals surface area contributed by atoms with Gasteiger partial charge in [-0.3, -0.25) is 4.72 Å². The lowest BCUT2D eigenvalue weighted by atomic mass is 10.2. The van der Waals surface area contributed by atoms with Gasteiger partial charge in [-0.25, -0.2) is 8.42 Å². The monoisotopic (exact) mass is 371 g/mol. The summed E-state index contributed by atoms with van der Waals surface area (Å²) < 4.78 is 33.0. The molecule has 2 rings (SSSR count). The Kier molecular flexibility index (Phi) is 4.87. The van der Waals surface area contributed by atoms with Crippen LogP contribution in [0, 0.1) is 0 Å². The van der Waals surface area contributed by atoms with Crippen molar-refractivity contribution in [3.63, 3.8) is 0 Å². The third-order valence-corrected chi connectivity index (χ3v) is 4.74. The Bertz CT molecular complexity index is 729. The van der Waals surface area contributed by atoms with Crippen molar-refractivity contribution in [2.24, 2.45) is 0 Å². The van der Waals surface area contributed by atoms with E-state index in [1.54, 1.807) is 24.3 Å². The molecule has 0 radical (unpaired) electrons. The molecule has 0 saturated heterocycles. The van der Waals surface area contributed by atoms with Gasteiger partial charge < -0.3 is 9.84 Å². The van der Waals surface area contributed by atoms with Crippen LogP contribution in [0.3, 0.4) is 0 Å². The number of aliphatic hydroxyl groups excluding tert-OH is 1. The lowest BCUT2D eigenvalue weighted by Gasteiger charge is -2.11.